The highest BCUT2D eigenvalue weighted by Crippen LogP contribution is 2.07. The average molecular weight is 237 g/mol. The number of carbonyl (C=O) groups is 2. The van der Waals surface area contributed by atoms with E-state index in [2.05, 4.69) is 5.32 Å². The molecule has 1 rings (SSSR count). The summed E-state index contributed by atoms with van der Waals surface area (Å²) in [7, 11) is 0. The highest BCUT2D eigenvalue weighted by molar-refractivity contribution is 5.73. The fourth-order valence-electron chi connectivity index (χ4n) is 1.09. The quantitative estimate of drug-likeness (QED) is 0.585. The van der Waals surface area contributed by atoms with Crippen LogP contribution >= 0.6 is 0 Å². The van der Waals surface area contributed by atoms with Crippen LogP contribution in [0.1, 0.15) is 6.92 Å². The number of hydrogen-bond donors (Lipinski definition) is 1. The molecular weight excluding hydrogens is 222 g/mol. The van der Waals surface area contributed by atoms with Crippen molar-refractivity contribution in [2.45, 2.75) is 6.92 Å². The van der Waals surface area contributed by atoms with E-state index in [0.29, 0.717) is 12.3 Å². The van der Waals surface area contributed by atoms with Gasteiger partial charge in [0.1, 0.15) is 12.4 Å². The molecule has 0 aliphatic rings. The largest absolute Gasteiger partial charge is 0.482 e. The van der Waals surface area contributed by atoms with Gasteiger partial charge < -0.3 is 14.8 Å². The van der Waals surface area contributed by atoms with Gasteiger partial charge in [-0.3, -0.25) is 4.79 Å². The molecule has 0 saturated heterocycles. The van der Waals surface area contributed by atoms with E-state index in [1.807, 2.05) is 18.2 Å². The molecule has 5 heteroatoms. The molecule has 1 aromatic carbocycles. The van der Waals surface area contributed by atoms with E-state index in [0.717, 1.165) is 0 Å². The molecule has 1 N–H and O–H groups in total. The first kappa shape index (κ1) is 13.0. The Bertz CT molecular complexity index is 364. The summed E-state index contributed by atoms with van der Waals surface area (Å²) in [6.07, 6.45) is 0. The van der Waals surface area contributed by atoms with Gasteiger partial charge in [0.15, 0.2) is 6.61 Å². The van der Waals surface area contributed by atoms with Gasteiger partial charge in [0, 0.05) is 6.92 Å². The molecule has 92 valence electrons. The van der Waals surface area contributed by atoms with Crippen LogP contribution in [0, 0.1) is 0 Å². The van der Waals surface area contributed by atoms with Gasteiger partial charge in [-0.15, -0.1) is 0 Å². The van der Waals surface area contributed by atoms with E-state index in [-0.39, 0.29) is 19.1 Å². The van der Waals surface area contributed by atoms with E-state index in [1.165, 1.54) is 6.92 Å². The summed E-state index contributed by atoms with van der Waals surface area (Å²) in [5, 5.41) is 2.52. The first-order chi connectivity index (χ1) is 8.18. The highest BCUT2D eigenvalue weighted by atomic mass is 16.6. The maximum atomic E-state index is 11.2. The molecule has 1 aromatic rings. The van der Waals surface area contributed by atoms with Crippen LogP contribution in [-0.2, 0) is 14.3 Å². The molecule has 0 saturated carbocycles. The summed E-state index contributed by atoms with van der Waals surface area (Å²) >= 11 is 0. The number of ether oxygens (including phenoxy) is 2. The summed E-state index contributed by atoms with van der Waals surface area (Å²) in [6, 6.07) is 9.00. The molecule has 1 amide bonds. The minimum atomic E-state index is -0.459. The Hall–Kier alpha value is -2.04. The van der Waals surface area contributed by atoms with Crippen LogP contribution in [0.4, 0.5) is 0 Å². The van der Waals surface area contributed by atoms with Crippen molar-refractivity contribution in [2.75, 3.05) is 19.8 Å². The molecular formula is C12H15NO4. The molecule has 0 spiro atoms. The van der Waals surface area contributed by atoms with Crippen molar-refractivity contribution in [1.29, 1.82) is 0 Å². The molecule has 5 nitrogen and oxygen atoms in total. The fourth-order valence-corrected chi connectivity index (χ4v) is 1.09. The normalized spacial score (nSPS) is 9.47. The number of carbonyl (C=O) groups excluding carboxylic acids is 2. The number of para-hydroxylation sites is 1. The molecule has 0 bridgehead atoms. The zero-order valence-electron chi connectivity index (χ0n) is 9.64. The van der Waals surface area contributed by atoms with Crippen LogP contribution in [0.2, 0.25) is 0 Å². The molecule has 0 aromatic heterocycles. The number of amides is 1. The maximum Gasteiger partial charge on any atom is 0.344 e. The first-order valence-electron chi connectivity index (χ1n) is 5.26. The van der Waals surface area contributed by atoms with Crippen molar-refractivity contribution in [2.24, 2.45) is 0 Å². The molecule has 0 radical (unpaired) electrons. The van der Waals surface area contributed by atoms with Crippen LogP contribution in [0.5, 0.6) is 5.75 Å². The van der Waals surface area contributed by atoms with Gasteiger partial charge in [0.25, 0.3) is 0 Å². The monoisotopic (exact) mass is 237 g/mol. The minimum absolute atomic E-state index is 0.135. The standard InChI is InChI=1S/C12H15NO4/c1-10(14)13-7-8-16-12(15)9-17-11-5-3-2-4-6-11/h2-6H,7-9H2,1H3,(H,13,14). The van der Waals surface area contributed by atoms with E-state index in [9.17, 15) is 9.59 Å². The zero-order valence-corrected chi connectivity index (χ0v) is 9.64. The first-order valence-corrected chi connectivity index (χ1v) is 5.26. The van der Waals surface area contributed by atoms with Crippen LogP contribution < -0.4 is 10.1 Å². The second kappa shape index (κ2) is 7.27. The second-order valence-electron chi connectivity index (χ2n) is 3.31. The number of benzene rings is 1. The van der Waals surface area contributed by atoms with Gasteiger partial charge in [-0.1, -0.05) is 18.2 Å². The minimum Gasteiger partial charge on any atom is -0.482 e. The molecule has 0 unspecified atom stereocenters. The summed E-state index contributed by atoms with van der Waals surface area (Å²) in [5.41, 5.74) is 0. The second-order valence-corrected chi connectivity index (χ2v) is 3.31. The summed E-state index contributed by atoms with van der Waals surface area (Å²) in [6.45, 7) is 1.73. The van der Waals surface area contributed by atoms with Crippen LogP contribution in [-0.4, -0.2) is 31.6 Å². The smallest absolute Gasteiger partial charge is 0.344 e. The van der Waals surface area contributed by atoms with E-state index >= 15 is 0 Å². The Morgan fingerprint density at radius 1 is 1.24 bits per heavy atom. The predicted octanol–water partition coefficient (Wildman–Crippen LogP) is 0.745. The molecule has 0 atom stereocenters. The number of esters is 1. The number of hydrogen-bond acceptors (Lipinski definition) is 4. The van der Waals surface area contributed by atoms with Crippen molar-refractivity contribution >= 4 is 11.9 Å². The van der Waals surface area contributed by atoms with E-state index in [4.69, 9.17) is 9.47 Å². The lowest BCUT2D eigenvalue weighted by Crippen LogP contribution is -2.26. The lowest BCUT2D eigenvalue weighted by molar-refractivity contribution is -0.146. The van der Waals surface area contributed by atoms with Crippen molar-refractivity contribution in [3.63, 3.8) is 0 Å². The molecule has 0 aliphatic carbocycles. The highest BCUT2D eigenvalue weighted by Gasteiger charge is 2.03. The van der Waals surface area contributed by atoms with Crippen LogP contribution in [0.15, 0.2) is 30.3 Å². The van der Waals surface area contributed by atoms with Gasteiger partial charge in [-0.25, -0.2) is 4.79 Å². The number of nitrogens with one attached hydrogen (secondary N) is 1. The topological polar surface area (TPSA) is 64.6 Å². The summed E-state index contributed by atoms with van der Waals surface area (Å²) in [5.74, 6) is 0.00657. The summed E-state index contributed by atoms with van der Waals surface area (Å²) in [4.78, 5) is 21.7. The molecule has 0 fully saturated rings. The lowest BCUT2D eigenvalue weighted by atomic mass is 10.3. The van der Waals surface area contributed by atoms with Crippen molar-refractivity contribution in [3.8, 4) is 5.75 Å². The Labute approximate surface area is 99.7 Å². The Morgan fingerprint density at radius 3 is 2.59 bits per heavy atom. The molecule has 17 heavy (non-hydrogen) atoms. The Kier molecular flexibility index (Phi) is 5.57. The van der Waals surface area contributed by atoms with Crippen LogP contribution in [0.3, 0.4) is 0 Å². The Morgan fingerprint density at radius 2 is 1.94 bits per heavy atom. The average Bonchev–Trinajstić information content (AvgIpc) is 2.33. The van der Waals surface area contributed by atoms with Gasteiger partial charge >= 0.3 is 5.97 Å². The maximum absolute atomic E-state index is 11.2. The van der Waals surface area contributed by atoms with Gasteiger partial charge in [-0.2, -0.15) is 0 Å². The number of rotatable bonds is 6. The lowest BCUT2D eigenvalue weighted by Gasteiger charge is -2.07. The third kappa shape index (κ3) is 6.19. The predicted molar refractivity (Wildman–Crippen MR) is 61.6 cm³/mol. The molecule has 0 aliphatic heterocycles. The fraction of sp³-hybridized carbons (Fsp3) is 0.333. The van der Waals surface area contributed by atoms with E-state index in [1.54, 1.807) is 12.1 Å². The van der Waals surface area contributed by atoms with E-state index < -0.39 is 5.97 Å². The van der Waals surface area contributed by atoms with Crippen molar-refractivity contribution in [1.82, 2.24) is 5.32 Å². The van der Waals surface area contributed by atoms with Crippen molar-refractivity contribution < 1.29 is 19.1 Å². The van der Waals surface area contributed by atoms with Gasteiger partial charge in [0.2, 0.25) is 5.91 Å². The Balaban J connectivity index is 2.11. The zero-order chi connectivity index (χ0) is 12.5. The van der Waals surface area contributed by atoms with Crippen molar-refractivity contribution in [3.05, 3.63) is 30.3 Å². The van der Waals surface area contributed by atoms with Gasteiger partial charge in [0.05, 0.1) is 6.54 Å². The van der Waals surface area contributed by atoms with Gasteiger partial charge in [-0.05, 0) is 12.1 Å². The van der Waals surface area contributed by atoms with Crippen LogP contribution in [0.25, 0.3) is 0 Å². The third-order valence-corrected chi connectivity index (χ3v) is 1.84. The summed E-state index contributed by atoms with van der Waals surface area (Å²) < 4.78 is 10.0. The third-order valence-electron chi connectivity index (χ3n) is 1.84. The molecule has 0 heterocycles. The SMILES string of the molecule is CC(=O)NCCOC(=O)COc1ccccc1.